The van der Waals surface area contributed by atoms with Crippen molar-refractivity contribution in [2.24, 2.45) is 0 Å². The molecule has 8 nitrogen and oxygen atoms in total. The van der Waals surface area contributed by atoms with E-state index in [9.17, 15) is 4.79 Å². The zero-order valence-electron chi connectivity index (χ0n) is 17.2. The lowest BCUT2D eigenvalue weighted by Gasteiger charge is -2.19. The summed E-state index contributed by atoms with van der Waals surface area (Å²) >= 11 is 0. The highest BCUT2D eigenvalue weighted by Gasteiger charge is 2.35. The molecule has 2 aromatic carbocycles. The van der Waals surface area contributed by atoms with Crippen LogP contribution in [-0.4, -0.2) is 39.9 Å². The smallest absolute Gasteiger partial charge is 0.275 e. The topological polar surface area (TPSA) is 97.1 Å². The maximum atomic E-state index is 12.7. The second-order valence-electron chi connectivity index (χ2n) is 7.55. The number of hydrogen-bond acceptors (Lipinski definition) is 6. The van der Waals surface area contributed by atoms with Crippen molar-refractivity contribution in [3.05, 3.63) is 66.0 Å². The Hall–Kier alpha value is -3.94. The fourth-order valence-electron chi connectivity index (χ4n) is 3.82. The maximum absolute atomic E-state index is 12.7. The van der Waals surface area contributed by atoms with Crippen LogP contribution in [0.5, 0.6) is 5.75 Å². The molecule has 1 amide bonds. The highest BCUT2D eigenvalue weighted by atomic mass is 16.5. The van der Waals surface area contributed by atoms with E-state index in [1.165, 1.54) is 0 Å². The lowest BCUT2D eigenvalue weighted by atomic mass is 10.1. The van der Waals surface area contributed by atoms with Gasteiger partial charge in [0.05, 0.1) is 18.5 Å². The van der Waals surface area contributed by atoms with Crippen LogP contribution in [0.2, 0.25) is 0 Å². The number of aromatic nitrogens is 4. The molecule has 3 heterocycles. The molecular formula is C23H21N5O3. The van der Waals surface area contributed by atoms with Crippen molar-refractivity contribution in [3.8, 4) is 28.6 Å². The quantitative estimate of drug-likeness (QED) is 0.530. The minimum Gasteiger partial charge on any atom is -0.497 e. The Morgan fingerprint density at radius 3 is 2.81 bits per heavy atom. The first-order chi connectivity index (χ1) is 15.1. The molecule has 0 bridgehead atoms. The molecule has 8 heteroatoms. The molecule has 1 aliphatic rings. The van der Waals surface area contributed by atoms with Crippen molar-refractivity contribution in [1.82, 2.24) is 20.3 Å². The molecule has 1 atom stereocenters. The van der Waals surface area contributed by atoms with Gasteiger partial charge in [-0.25, -0.2) is 0 Å². The van der Waals surface area contributed by atoms with Crippen molar-refractivity contribution < 1.29 is 14.1 Å². The van der Waals surface area contributed by atoms with Gasteiger partial charge in [0.15, 0.2) is 5.82 Å². The van der Waals surface area contributed by atoms with Gasteiger partial charge in [-0.2, -0.15) is 10.1 Å². The van der Waals surface area contributed by atoms with E-state index < -0.39 is 0 Å². The Morgan fingerprint density at radius 2 is 2.00 bits per heavy atom. The Kier molecular flexibility index (Phi) is 4.74. The number of rotatable bonds is 5. The average Bonchev–Trinajstić information content (AvgIpc) is 3.54. The molecule has 1 N–H and O–H groups in total. The van der Waals surface area contributed by atoms with Crippen LogP contribution in [0, 0.1) is 6.92 Å². The summed E-state index contributed by atoms with van der Waals surface area (Å²) in [5.41, 5.74) is 4.29. The minimum absolute atomic E-state index is 0.0283. The van der Waals surface area contributed by atoms with Crippen LogP contribution in [-0.2, 0) is 4.79 Å². The summed E-state index contributed by atoms with van der Waals surface area (Å²) in [6.07, 6.45) is 0.327. The van der Waals surface area contributed by atoms with Crippen LogP contribution < -0.4 is 9.64 Å². The van der Waals surface area contributed by atoms with Crippen LogP contribution >= 0.6 is 0 Å². The molecule has 1 unspecified atom stereocenters. The summed E-state index contributed by atoms with van der Waals surface area (Å²) < 4.78 is 10.8. The third-order valence-corrected chi connectivity index (χ3v) is 5.52. The van der Waals surface area contributed by atoms with Gasteiger partial charge < -0.3 is 14.2 Å². The first kappa shape index (κ1) is 19.0. The van der Waals surface area contributed by atoms with Crippen molar-refractivity contribution >= 4 is 11.6 Å². The van der Waals surface area contributed by atoms with Gasteiger partial charge in [0.25, 0.3) is 5.89 Å². The molecule has 0 saturated carbocycles. The van der Waals surface area contributed by atoms with Crippen LogP contribution in [0.3, 0.4) is 0 Å². The number of hydrogen-bond donors (Lipinski definition) is 1. The van der Waals surface area contributed by atoms with E-state index in [4.69, 9.17) is 9.26 Å². The summed E-state index contributed by atoms with van der Waals surface area (Å²) in [6.45, 7) is 2.47. The Balaban J connectivity index is 1.36. The standard InChI is InChI=1S/C23H21N5O3/c1-14-8-9-17(30-2)11-20(14)28-13-16(10-21(28)29)22-24-23(31-27-22)19-12-18(25-26-19)15-6-4-3-5-7-15/h3-9,11-12,16H,10,13H2,1-2H3,(H,25,26). The van der Waals surface area contributed by atoms with Crippen LogP contribution in [0.25, 0.3) is 22.8 Å². The largest absolute Gasteiger partial charge is 0.497 e. The van der Waals surface area contributed by atoms with Crippen LogP contribution in [0.15, 0.2) is 59.1 Å². The summed E-state index contributed by atoms with van der Waals surface area (Å²) in [6, 6.07) is 17.4. The highest BCUT2D eigenvalue weighted by Crippen LogP contribution is 2.34. The van der Waals surface area contributed by atoms with Crippen molar-refractivity contribution in [3.63, 3.8) is 0 Å². The summed E-state index contributed by atoms with van der Waals surface area (Å²) in [4.78, 5) is 19.0. The first-order valence-electron chi connectivity index (χ1n) is 10.0. The lowest BCUT2D eigenvalue weighted by Crippen LogP contribution is -2.25. The van der Waals surface area contributed by atoms with E-state index >= 15 is 0 Å². The highest BCUT2D eigenvalue weighted by molar-refractivity contribution is 5.97. The SMILES string of the molecule is COc1ccc(C)c(N2CC(c3noc(-c4cc(-c5ccccc5)n[nH]4)n3)CC2=O)c1. The Labute approximate surface area is 178 Å². The number of ether oxygens (including phenoxy) is 1. The molecule has 31 heavy (non-hydrogen) atoms. The predicted octanol–water partition coefficient (Wildman–Crippen LogP) is 3.96. The second-order valence-corrected chi connectivity index (χ2v) is 7.55. The van der Waals surface area contributed by atoms with E-state index in [2.05, 4.69) is 20.3 Å². The van der Waals surface area contributed by atoms with Gasteiger partial charge >= 0.3 is 0 Å². The van der Waals surface area contributed by atoms with E-state index in [0.29, 0.717) is 36.1 Å². The number of nitrogens with zero attached hydrogens (tertiary/aromatic N) is 4. The predicted molar refractivity (Wildman–Crippen MR) is 115 cm³/mol. The third kappa shape index (κ3) is 3.56. The fourth-order valence-corrected chi connectivity index (χ4v) is 3.82. The second kappa shape index (κ2) is 7.71. The number of methoxy groups -OCH3 is 1. The number of benzene rings is 2. The minimum atomic E-state index is -0.146. The Morgan fingerprint density at radius 1 is 1.16 bits per heavy atom. The van der Waals surface area contributed by atoms with Crippen molar-refractivity contribution in [2.45, 2.75) is 19.3 Å². The maximum Gasteiger partial charge on any atom is 0.275 e. The monoisotopic (exact) mass is 415 g/mol. The zero-order chi connectivity index (χ0) is 21.4. The van der Waals surface area contributed by atoms with Gasteiger partial charge in [-0.1, -0.05) is 41.6 Å². The van der Waals surface area contributed by atoms with Gasteiger partial charge in [-0.3, -0.25) is 9.89 Å². The molecule has 1 saturated heterocycles. The molecule has 1 fully saturated rings. The van der Waals surface area contributed by atoms with Crippen LogP contribution in [0.4, 0.5) is 5.69 Å². The zero-order valence-corrected chi connectivity index (χ0v) is 17.2. The molecule has 156 valence electrons. The van der Waals surface area contributed by atoms with E-state index in [0.717, 1.165) is 22.5 Å². The van der Waals surface area contributed by atoms with E-state index in [1.807, 2.05) is 61.5 Å². The number of H-pyrrole nitrogens is 1. The van der Waals surface area contributed by atoms with E-state index in [-0.39, 0.29) is 11.8 Å². The fraction of sp³-hybridized carbons (Fsp3) is 0.217. The summed E-state index contributed by atoms with van der Waals surface area (Å²) in [5, 5.41) is 11.4. The number of nitrogens with one attached hydrogen (secondary N) is 1. The number of aromatic amines is 1. The molecule has 4 aromatic rings. The lowest BCUT2D eigenvalue weighted by molar-refractivity contribution is -0.117. The summed E-state index contributed by atoms with van der Waals surface area (Å²) in [5.74, 6) is 1.47. The van der Waals surface area contributed by atoms with Crippen molar-refractivity contribution in [1.29, 1.82) is 0 Å². The molecule has 5 rings (SSSR count). The number of carbonyl (C=O) groups is 1. The van der Waals surface area contributed by atoms with Gasteiger partial charge in [0, 0.05) is 30.5 Å². The molecular weight excluding hydrogens is 394 g/mol. The number of carbonyl (C=O) groups excluding carboxylic acids is 1. The molecule has 1 aliphatic heterocycles. The Bertz CT molecular complexity index is 1230. The van der Waals surface area contributed by atoms with Gasteiger partial charge in [0.1, 0.15) is 11.4 Å². The molecule has 0 aliphatic carbocycles. The molecule has 0 spiro atoms. The summed E-state index contributed by atoms with van der Waals surface area (Å²) in [7, 11) is 1.61. The number of amides is 1. The van der Waals surface area contributed by atoms with Gasteiger partial charge in [-0.05, 0) is 24.6 Å². The van der Waals surface area contributed by atoms with Gasteiger partial charge in [0.2, 0.25) is 5.91 Å². The van der Waals surface area contributed by atoms with Gasteiger partial charge in [-0.15, -0.1) is 0 Å². The first-order valence-corrected chi connectivity index (χ1v) is 10.0. The average molecular weight is 415 g/mol. The third-order valence-electron chi connectivity index (χ3n) is 5.52. The molecule has 2 aromatic heterocycles. The molecule has 0 radical (unpaired) electrons. The number of aryl methyl sites for hydroxylation is 1. The number of anilines is 1. The van der Waals surface area contributed by atoms with Crippen LogP contribution in [0.1, 0.15) is 23.7 Å². The van der Waals surface area contributed by atoms with E-state index in [1.54, 1.807) is 12.0 Å². The normalized spacial score (nSPS) is 16.1. The van der Waals surface area contributed by atoms with Crippen molar-refractivity contribution in [2.75, 3.05) is 18.6 Å².